The number of carbonyl (C=O) groups excluding carboxylic acids is 1. The molecule has 30 heavy (non-hydrogen) atoms. The fraction of sp³-hybridized carbons (Fsp3) is 0.316. The van der Waals surface area contributed by atoms with Gasteiger partial charge >= 0.3 is 6.18 Å². The first-order valence-corrected chi connectivity index (χ1v) is 10.0. The van der Waals surface area contributed by atoms with E-state index in [2.05, 4.69) is 41.1 Å². The van der Waals surface area contributed by atoms with Gasteiger partial charge in [-0.15, -0.1) is 0 Å². The summed E-state index contributed by atoms with van der Waals surface area (Å²) in [6, 6.07) is 1.92. The number of alkyl halides is 3. The van der Waals surface area contributed by atoms with Crippen molar-refractivity contribution in [1.82, 2.24) is 15.0 Å². The highest BCUT2D eigenvalue weighted by molar-refractivity contribution is 9.10. The van der Waals surface area contributed by atoms with Gasteiger partial charge in [-0.05, 0) is 40.9 Å². The van der Waals surface area contributed by atoms with Crippen LogP contribution in [0.5, 0.6) is 0 Å². The summed E-state index contributed by atoms with van der Waals surface area (Å²) in [5.74, 6) is -0.620. The third-order valence-corrected chi connectivity index (χ3v) is 5.56. The van der Waals surface area contributed by atoms with Crippen LogP contribution >= 0.6 is 15.9 Å². The maximum Gasteiger partial charge on any atom is 0.417 e. The summed E-state index contributed by atoms with van der Waals surface area (Å²) >= 11 is 3.54. The average molecular weight is 483 g/mol. The van der Waals surface area contributed by atoms with E-state index < -0.39 is 17.6 Å². The molecule has 1 saturated heterocycles. The average Bonchev–Trinajstić information content (AvgIpc) is 3.10. The molecule has 158 valence electrons. The smallest absolute Gasteiger partial charge is 0.368 e. The zero-order valence-electron chi connectivity index (χ0n) is 15.6. The number of nitrogens with one attached hydrogen (secondary N) is 2. The molecule has 7 nitrogen and oxygen atoms in total. The van der Waals surface area contributed by atoms with E-state index in [-0.39, 0.29) is 11.7 Å². The zero-order chi connectivity index (χ0) is 21.5. The van der Waals surface area contributed by atoms with Crippen molar-refractivity contribution in [2.24, 2.45) is 5.73 Å². The quantitative estimate of drug-likeness (QED) is 0.525. The predicted octanol–water partition coefficient (Wildman–Crippen LogP) is 3.92. The SMILES string of the molecule is NC1CCCN(c2c(Br)cnc3[nH]cc(NC(=O)c4ccc(C(F)(F)F)cn4)c23)C1. The van der Waals surface area contributed by atoms with Crippen LogP contribution in [0.4, 0.5) is 24.5 Å². The summed E-state index contributed by atoms with van der Waals surface area (Å²) in [6.07, 6.45) is 1.29. The predicted molar refractivity (Wildman–Crippen MR) is 110 cm³/mol. The van der Waals surface area contributed by atoms with Crippen LogP contribution in [-0.4, -0.2) is 40.0 Å². The Morgan fingerprint density at radius 2 is 2.10 bits per heavy atom. The molecule has 0 bridgehead atoms. The number of halogens is 4. The minimum Gasteiger partial charge on any atom is -0.368 e. The van der Waals surface area contributed by atoms with Crippen molar-refractivity contribution in [3.63, 3.8) is 0 Å². The van der Waals surface area contributed by atoms with Crippen LogP contribution in [0.15, 0.2) is 35.2 Å². The monoisotopic (exact) mass is 482 g/mol. The maximum absolute atomic E-state index is 12.7. The number of carbonyl (C=O) groups is 1. The molecule has 1 atom stereocenters. The maximum atomic E-state index is 12.7. The number of aromatic amines is 1. The molecule has 1 unspecified atom stereocenters. The lowest BCUT2D eigenvalue weighted by Crippen LogP contribution is -2.43. The van der Waals surface area contributed by atoms with Gasteiger partial charge in [-0.3, -0.25) is 9.78 Å². The Morgan fingerprint density at radius 1 is 1.30 bits per heavy atom. The number of pyridine rings is 2. The number of aromatic nitrogens is 3. The largest absolute Gasteiger partial charge is 0.417 e. The van der Waals surface area contributed by atoms with E-state index in [1.54, 1.807) is 12.4 Å². The summed E-state index contributed by atoms with van der Waals surface area (Å²) in [5, 5.41) is 3.42. The number of hydrogen-bond acceptors (Lipinski definition) is 5. The van der Waals surface area contributed by atoms with Crippen molar-refractivity contribution >= 4 is 44.2 Å². The molecule has 11 heteroatoms. The number of H-pyrrole nitrogens is 1. The highest BCUT2D eigenvalue weighted by Crippen LogP contribution is 2.39. The third kappa shape index (κ3) is 3.99. The number of amides is 1. The number of anilines is 2. The Labute approximate surface area is 178 Å². The van der Waals surface area contributed by atoms with Crippen LogP contribution < -0.4 is 16.0 Å². The molecular formula is C19H18BrF3N6O. The van der Waals surface area contributed by atoms with Gasteiger partial charge in [0.05, 0.1) is 26.8 Å². The van der Waals surface area contributed by atoms with E-state index in [4.69, 9.17) is 5.73 Å². The van der Waals surface area contributed by atoms with Gasteiger partial charge in [-0.2, -0.15) is 13.2 Å². The van der Waals surface area contributed by atoms with Gasteiger partial charge in [-0.1, -0.05) is 0 Å². The molecule has 1 amide bonds. The minimum atomic E-state index is -4.51. The number of piperidine rings is 1. The second-order valence-corrected chi connectivity index (χ2v) is 7.97. The van der Waals surface area contributed by atoms with Crippen LogP contribution in [0.1, 0.15) is 28.9 Å². The summed E-state index contributed by atoms with van der Waals surface area (Å²) in [6.45, 7) is 1.47. The van der Waals surface area contributed by atoms with Gasteiger partial charge in [0, 0.05) is 37.7 Å². The van der Waals surface area contributed by atoms with Gasteiger partial charge in [0.2, 0.25) is 0 Å². The number of nitrogens with two attached hydrogens (primary N) is 1. The Bertz CT molecular complexity index is 1080. The number of hydrogen-bond donors (Lipinski definition) is 3. The number of nitrogens with zero attached hydrogens (tertiary/aromatic N) is 3. The van der Waals surface area contributed by atoms with E-state index in [9.17, 15) is 18.0 Å². The fourth-order valence-electron chi connectivity index (χ4n) is 3.56. The molecule has 1 aliphatic rings. The molecule has 4 heterocycles. The topological polar surface area (TPSA) is 99.9 Å². The molecule has 0 spiro atoms. The molecule has 4 rings (SSSR count). The van der Waals surface area contributed by atoms with E-state index >= 15 is 0 Å². The van der Waals surface area contributed by atoms with Gasteiger partial charge in [0.1, 0.15) is 11.3 Å². The molecule has 1 fully saturated rings. The van der Waals surface area contributed by atoms with Crippen LogP contribution in [0.3, 0.4) is 0 Å². The molecule has 0 aromatic carbocycles. The van der Waals surface area contributed by atoms with Crippen molar-refractivity contribution in [1.29, 1.82) is 0 Å². The lowest BCUT2D eigenvalue weighted by molar-refractivity contribution is -0.137. The molecule has 0 saturated carbocycles. The Hall–Kier alpha value is -2.66. The first kappa shape index (κ1) is 20.6. The first-order chi connectivity index (χ1) is 14.2. The summed E-state index contributed by atoms with van der Waals surface area (Å²) in [7, 11) is 0. The molecule has 4 N–H and O–H groups in total. The van der Waals surface area contributed by atoms with Crippen LogP contribution in [-0.2, 0) is 6.18 Å². The highest BCUT2D eigenvalue weighted by Gasteiger charge is 2.31. The Morgan fingerprint density at radius 3 is 2.77 bits per heavy atom. The zero-order valence-corrected chi connectivity index (χ0v) is 17.2. The fourth-order valence-corrected chi connectivity index (χ4v) is 4.11. The summed E-state index contributed by atoms with van der Waals surface area (Å²) < 4.78 is 38.9. The minimum absolute atomic E-state index is 0.0437. The Kier molecular flexibility index (Phi) is 5.41. The lowest BCUT2D eigenvalue weighted by atomic mass is 10.1. The van der Waals surface area contributed by atoms with Crippen molar-refractivity contribution in [2.45, 2.75) is 25.1 Å². The van der Waals surface area contributed by atoms with Gasteiger partial charge in [0.15, 0.2) is 0 Å². The molecule has 0 aliphatic carbocycles. The van der Waals surface area contributed by atoms with E-state index in [1.165, 1.54) is 0 Å². The second kappa shape index (κ2) is 7.88. The van der Waals surface area contributed by atoms with Gasteiger partial charge in [0.25, 0.3) is 5.91 Å². The van der Waals surface area contributed by atoms with E-state index in [0.717, 1.165) is 41.7 Å². The van der Waals surface area contributed by atoms with Crippen LogP contribution in [0.25, 0.3) is 11.0 Å². The van der Waals surface area contributed by atoms with Gasteiger partial charge in [-0.25, -0.2) is 4.98 Å². The summed E-state index contributed by atoms with van der Waals surface area (Å²) in [5.41, 5.74) is 6.98. The van der Waals surface area contributed by atoms with Crippen molar-refractivity contribution in [3.05, 3.63) is 46.5 Å². The highest BCUT2D eigenvalue weighted by atomic mass is 79.9. The molecule has 3 aromatic rings. The number of fused-ring (bicyclic) bond motifs is 1. The standard InChI is InChI=1S/C19H18BrF3N6O/c20-12-7-26-17-15(16(12)29-5-1-2-11(24)9-29)14(8-27-17)28-18(30)13-4-3-10(6-25-13)19(21,22)23/h3-4,6-8,11H,1-2,5,9,24H2,(H,26,27)(H,28,30). The van der Waals surface area contributed by atoms with Crippen LogP contribution in [0.2, 0.25) is 0 Å². The molecular weight excluding hydrogens is 465 g/mol. The first-order valence-electron chi connectivity index (χ1n) is 9.24. The van der Waals surface area contributed by atoms with Gasteiger partial charge < -0.3 is 20.9 Å². The molecule has 3 aromatic heterocycles. The summed E-state index contributed by atoms with van der Waals surface area (Å²) in [4.78, 5) is 25.8. The Balaban J connectivity index is 1.66. The van der Waals surface area contributed by atoms with E-state index in [0.29, 0.717) is 29.5 Å². The van der Waals surface area contributed by atoms with Crippen molar-refractivity contribution < 1.29 is 18.0 Å². The van der Waals surface area contributed by atoms with Crippen LogP contribution in [0, 0.1) is 0 Å². The third-order valence-electron chi connectivity index (χ3n) is 4.98. The second-order valence-electron chi connectivity index (χ2n) is 7.11. The van der Waals surface area contributed by atoms with E-state index in [1.807, 2.05) is 0 Å². The van der Waals surface area contributed by atoms with Crippen molar-refractivity contribution in [2.75, 3.05) is 23.3 Å². The lowest BCUT2D eigenvalue weighted by Gasteiger charge is -2.33. The molecule has 1 aliphatic heterocycles. The normalized spacial score (nSPS) is 17.4. The number of rotatable bonds is 3. The van der Waals surface area contributed by atoms with Crippen molar-refractivity contribution in [3.8, 4) is 0 Å². The molecule has 0 radical (unpaired) electrons.